The van der Waals surface area contributed by atoms with Gasteiger partial charge in [0.1, 0.15) is 10.1 Å². The van der Waals surface area contributed by atoms with Crippen LogP contribution in [-0.4, -0.2) is 0 Å². The Kier molecular flexibility index (Phi) is 3.29. The van der Waals surface area contributed by atoms with Gasteiger partial charge >= 0.3 is 0 Å². The summed E-state index contributed by atoms with van der Waals surface area (Å²) in [4.78, 5) is 12.4. The van der Waals surface area contributed by atoms with Crippen molar-refractivity contribution in [3.05, 3.63) is 67.7 Å². The zero-order chi connectivity index (χ0) is 13.4. The van der Waals surface area contributed by atoms with E-state index in [1.54, 1.807) is 6.07 Å². The van der Waals surface area contributed by atoms with E-state index in [1.807, 2.05) is 42.5 Å². The molecule has 0 atom stereocenters. The average Bonchev–Trinajstić information content (AvgIpc) is 2.43. The first kappa shape index (κ1) is 12.6. The highest BCUT2D eigenvalue weighted by atomic mass is 79.9. The zero-order valence-corrected chi connectivity index (χ0v) is 12.9. The third kappa shape index (κ3) is 2.15. The summed E-state index contributed by atoms with van der Waals surface area (Å²) in [6.45, 7) is 0. The number of fused-ring (bicyclic) bond motifs is 1. The van der Waals surface area contributed by atoms with Crippen LogP contribution in [0.3, 0.4) is 0 Å². The molecular formula is C15H8Br2O2. The Morgan fingerprint density at radius 3 is 2.37 bits per heavy atom. The second-order valence-electron chi connectivity index (χ2n) is 4.05. The lowest BCUT2D eigenvalue weighted by Crippen LogP contribution is -2.04. The third-order valence-electron chi connectivity index (χ3n) is 2.85. The molecule has 4 heteroatoms. The molecule has 1 heterocycles. The monoisotopic (exact) mass is 378 g/mol. The van der Waals surface area contributed by atoms with Gasteiger partial charge in [0, 0.05) is 10.0 Å². The van der Waals surface area contributed by atoms with Crippen molar-refractivity contribution in [1.29, 1.82) is 0 Å². The van der Waals surface area contributed by atoms with Gasteiger partial charge in [-0.3, -0.25) is 4.79 Å². The van der Waals surface area contributed by atoms with Crippen LogP contribution in [0.25, 0.3) is 22.3 Å². The Bertz CT molecular complexity index is 807. The van der Waals surface area contributed by atoms with Crippen molar-refractivity contribution in [3.63, 3.8) is 0 Å². The molecule has 0 fully saturated rings. The second kappa shape index (κ2) is 4.94. The largest absolute Gasteiger partial charge is 0.455 e. The fourth-order valence-corrected chi connectivity index (χ4v) is 2.99. The molecule has 0 spiro atoms. The summed E-state index contributed by atoms with van der Waals surface area (Å²) in [7, 11) is 0. The van der Waals surface area contributed by atoms with Crippen LogP contribution in [0, 0.1) is 0 Å². The van der Waals surface area contributed by atoms with Crippen molar-refractivity contribution in [2.75, 3.05) is 0 Å². The van der Waals surface area contributed by atoms with E-state index >= 15 is 0 Å². The van der Waals surface area contributed by atoms with E-state index in [-0.39, 0.29) is 5.43 Å². The van der Waals surface area contributed by atoms with Gasteiger partial charge in [-0.05, 0) is 44.0 Å². The van der Waals surface area contributed by atoms with E-state index in [9.17, 15) is 4.79 Å². The molecule has 2 nitrogen and oxygen atoms in total. The van der Waals surface area contributed by atoms with Crippen LogP contribution in [0.4, 0.5) is 0 Å². The lowest BCUT2D eigenvalue weighted by Gasteiger charge is -2.06. The minimum absolute atomic E-state index is 0.0763. The molecule has 0 unspecified atom stereocenters. The predicted octanol–water partition coefficient (Wildman–Crippen LogP) is 4.99. The van der Waals surface area contributed by atoms with Crippen molar-refractivity contribution in [2.45, 2.75) is 0 Å². The van der Waals surface area contributed by atoms with Crippen LogP contribution < -0.4 is 5.43 Å². The van der Waals surface area contributed by atoms with E-state index in [4.69, 9.17) is 4.42 Å². The highest BCUT2D eigenvalue weighted by Gasteiger charge is 2.15. The van der Waals surface area contributed by atoms with Gasteiger partial charge in [-0.2, -0.15) is 0 Å². The highest BCUT2D eigenvalue weighted by molar-refractivity contribution is 9.11. The van der Waals surface area contributed by atoms with Gasteiger partial charge in [0.05, 0.1) is 5.39 Å². The van der Waals surface area contributed by atoms with Gasteiger partial charge in [-0.25, -0.2) is 0 Å². The Morgan fingerprint density at radius 2 is 1.63 bits per heavy atom. The number of benzene rings is 2. The summed E-state index contributed by atoms with van der Waals surface area (Å²) >= 11 is 6.73. The molecule has 0 aliphatic heterocycles. The van der Waals surface area contributed by atoms with Gasteiger partial charge in [0.15, 0.2) is 5.76 Å². The minimum Gasteiger partial charge on any atom is -0.455 e. The van der Waals surface area contributed by atoms with Gasteiger partial charge < -0.3 is 4.42 Å². The third-order valence-corrected chi connectivity index (χ3v) is 4.23. The summed E-state index contributed by atoms with van der Waals surface area (Å²) in [5.41, 5.74) is 1.36. The van der Waals surface area contributed by atoms with Gasteiger partial charge in [0.25, 0.3) is 0 Å². The van der Waals surface area contributed by atoms with E-state index in [0.717, 1.165) is 10.0 Å². The maximum absolute atomic E-state index is 12.4. The van der Waals surface area contributed by atoms with Crippen molar-refractivity contribution in [3.8, 4) is 11.3 Å². The van der Waals surface area contributed by atoms with Crippen LogP contribution in [0.2, 0.25) is 0 Å². The molecule has 94 valence electrons. The first-order valence-corrected chi connectivity index (χ1v) is 7.23. The zero-order valence-electron chi connectivity index (χ0n) is 9.69. The first-order valence-electron chi connectivity index (χ1n) is 5.65. The Morgan fingerprint density at radius 1 is 0.895 bits per heavy atom. The van der Waals surface area contributed by atoms with E-state index in [0.29, 0.717) is 21.2 Å². The normalized spacial score (nSPS) is 10.8. The molecule has 0 radical (unpaired) electrons. The first-order chi connectivity index (χ1) is 9.18. The molecule has 0 aliphatic rings. The van der Waals surface area contributed by atoms with Crippen LogP contribution in [0.15, 0.2) is 66.7 Å². The second-order valence-corrected chi connectivity index (χ2v) is 5.70. The van der Waals surface area contributed by atoms with Crippen molar-refractivity contribution >= 4 is 42.8 Å². The molecule has 19 heavy (non-hydrogen) atoms. The van der Waals surface area contributed by atoms with Gasteiger partial charge in [-0.1, -0.05) is 36.4 Å². The molecule has 0 saturated carbocycles. The molecule has 3 aromatic rings. The molecular weight excluding hydrogens is 372 g/mol. The lowest BCUT2D eigenvalue weighted by atomic mass is 10.1. The quantitative estimate of drug-likeness (QED) is 0.596. The van der Waals surface area contributed by atoms with Crippen molar-refractivity contribution in [1.82, 2.24) is 0 Å². The minimum atomic E-state index is -0.0763. The molecule has 0 aliphatic carbocycles. The Labute approximate surface area is 126 Å². The van der Waals surface area contributed by atoms with Gasteiger partial charge in [-0.15, -0.1) is 0 Å². The number of hydrogen-bond acceptors (Lipinski definition) is 2. The lowest BCUT2D eigenvalue weighted by molar-refractivity contribution is 0.615. The maximum atomic E-state index is 12.4. The van der Waals surface area contributed by atoms with Crippen LogP contribution >= 0.6 is 31.9 Å². The van der Waals surface area contributed by atoms with E-state index in [1.165, 1.54) is 0 Å². The van der Waals surface area contributed by atoms with E-state index < -0.39 is 0 Å². The summed E-state index contributed by atoms with van der Waals surface area (Å²) in [6.07, 6.45) is 0. The topological polar surface area (TPSA) is 30.2 Å². The van der Waals surface area contributed by atoms with Crippen molar-refractivity contribution in [2.24, 2.45) is 0 Å². The molecule has 0 bridgehead atoms. The summed E-state index contributed by atoms with van der Waals surface area (Å²) in [5.74, 6) is 0.552. The molecule has 0 saturated heterocycles. The average molecular weight is 380 g/mol. The number of hydrogen-bond donors (Lipinski definition) is 0. The molecule has 0 N–H and O–H groups in total. The van der Waals surface area contributed by atoms with Crippen LogP contribution in [0.5, 0.6) is 0 Å². The highest BCUT2D eigenvalue weighted by Crippen LogP contribution is 2.31. The number of rotatable bonds is 1. The molecule has 1 aromatic heterocycles. The molecule has 0 amide bonds. The number of halogens is 2. The van der Waals surface area contributed by atoms with Gasteiger partial charge in [0.2, 0.25) is 5.43 Å². The summed E-state index contributed by atoms with van der Waals surface area (Å²) in [5, 5.41) is 0.550. The van der Waals surface area contributed by atoms with Crippen molar-refractivity contribution < 1.29 is 4.42 Å². The molecule has 3 rings (SSSR count). The predicted molar refractivity (Wildman–Crippen MR) is 83.3 cm³/mol. The maximum Gasteiger partial charge on any atom is 0.208 e. The Hall–Kier alpha value is -1.39. The fourth-order valence-electron chi connectivity index (χ4n) is 1.95. The molecule has 2 aromatic carbocycles. The fraction of sp³-hybridized carbons (Fsp3) is 0. The van der Waals surface area contributed by atoms with Crippen LogP contribution in [-0.2, 0) is 0 Å². The Balaban J connectivity index is 2.41. The van der Waals surface area contributed by atoms with E-state index in [2.05, 4.69) is 31.9 Å². The smallest absolute Gasteiger partial charge is 0.208 e. The van der Waals surface area contributed by atoms with Crippen LogP contribution in [0.1, 0.15) is 0 Å². The SMILES string of the molecule is O=c1c(Br)c(-c2ccccc2)oc2cccc(Br)c12. The summed E-state index contributed by atoms with van der Waals surface area (Å²) in [6, 6.07) is 15.0. The summed E-state index contributed by atoms with van der Waals surface area (Å²) < 4.78 is 7.04. The standard InChI is InChI=1S/C15H8Br2O2/c16-10-7-4-8-11-12(10)14(18)13(17)15(19-11)9-5-2-1-3-6-9/h1-8H.